The second-order valence-corrected chi connectivity index (χ2v) is 7.99. The zero-order chi connectivity index (χ0) is 20.6. The summed E-state index contributed by atoms with van der Waals surface area (Å²) < 4.78 is 5.48. The minimum Gasteiger partial charge on any atom is -0.496 e. The van der Waals surface area contributed by atoms with Crippen LogP contribution in [-0.4, -0.2) is 30.4 Å². The standard InChI is InChI=1S/C24H27NO3S/c1-3-4-5-11-16-25-23(26)21(19-14-9-10-15-20(19)28-2)22(24(25)27)29-17-18-12-7-6-8-13-18/h6-10,12-15H,3-5,11,16-17H2,1-2H3. The van der Waals surface area contributed by atoms with Crippen LogP contribution >= 0.6 is 11.8 Å². The predicted molar refractivity (Wildman–Crippen MR) is 119 cm³/mol. The summed E-state index contributed by atoms with van der Waals surface area (Å²) in [5, 5.41) is 0. The monoisotopic (exact) mass is 409 g/mol. The Bertz CT molecular complexity index is 892. The molecule has 0 N–H and O–H groups in total. The molecule has 0 unspecified atom stereocenters. The molecule has 0 aromatic heterocycles. The Labute approximate surface area is 176 Å². The molecule has 1 heterocycles. The van der Waals surface area contributed by atoms with Crippen LogP contribution < -0.4 is 4.74 Å². The number of hydrogen-bond acceptors (Lipinski definition) is 4. The van der Waals surface area contributed by atoms with Crippen molar-refractivity contribution in [2.24, 2.45) is 0 Å². The number of unbranched alkanes of at least 4 members (excludes halogenated alkanes) is 3. The number of hydrogen-bond donors (Lipinski definition) is 0. The van der Waals surface area contributed by atoms with Crippen molar-refractivity contribution >= 4 is 29.1 Å². The molecule has 0 fully saturated rings. The van der Waals surface area contributed by atoms with Gasteiger partial charge in [0.05, 0.1) is 17.6 Å². The maximum Gasteiger partial charge on any atom is 0.267 e. The lowest BCUT2D eigenvalue weighted by Gasteiger charge is -2.15. The van der Waals surface area contributed by atoms with Gasteiger partial charge in [-0.1, -0.05) is 74.7 Å². The number of para-hydroxylation sites is 1. The molecule has 0 aliphatic carbocycles. The van der Waals surface area contributed by atoms with Crippen LogP contribution in [0.4, 0.5) is 0 Å². The third-order valence-corrected chi connectivity index (χ3v) is 6.11. The Morgan fingerprint density at radius 1 is 0.897 bits per heavy atom. The average molecular weight is 410 g/mol. The Kier molecular flexibility index (Phi) is 7.53. The number of carbonyl (C=O) groups is 2. The summed E-state index contributed by atoms with van der Waals surface area (Å²) >= 11 is 1.43. The SMILES string of the molecule is CCCCCCN1C(=O)C(SCc2ccccc2)=C(c2ccccc2OC)C1=O. The third-order valence-electron chi connectivity index (χ3n) is 4.96. The van der Waals surface area contributed by atoms with E-state index in [9.17, 15) is 9.59 Å². The van der Waals surface area contributed by atoms with Crippen molar-refractivity contribution in [2.45, 2.75) is 38.4 Å². The normalized spacial score (nSPS) is 14.1. The average Bonchev–Trinajstić information content (AvgIpc) is 2.99. The minimum absolute atomic E-state index is 0.187. The molecule has 0 radical (unpaired) electrons. The highest BCUT2D eigenvalue weighted by Crippen LogP contribution is 2.40. The van der Waals surface area contributed by atoms with Crippen LogP contribution in [0.1, 0.15) is 43.7 Å². The molecule has 1 aliphatic rings. The summed E-state index contributed by atoms with van der Waals surface area (Å²) in [6.45, 7) is 2.61. The zero-order valence-corrected chi connectivity index (χ0v) is 17.8. The molecule has 5 heteroatoms. The predicted octanol–water partition coefficient (Wildman–Crippen LogP) is 5.29. The Balaban J connectivity index is 1.90. The molecule has 0 bridgehead atoms. The van der Waals surface area contributed by atoms with E-state index in [-0.39, 0.29) is 11.8 Å². The van der Waals surface area contributed by atoms with Crippen molar-refractivity contribution < 1.29 is 14.3 Å². The molecule has 3 rings (SSSR count). The molecule has 0 saturated heterocycles. The van der Waals surface area contributed by atoms with Gasteiger partial charge in [0.15, 0.2) is 0 Å². The first kappa shape index (κ1) is 21.2. The lowest BCUT2D eigenvalue weighted by atomic mass is 10.0. The molecule has 0 spiro atoms. The van der Waals surface area contributed by atoms with E-state index >= 15 is 0 Å². The second kappa shape index (κ2) is 10.3. The quantitative estimate of drug-likeness (QED) is 0.395. The van der Waals surface area contributed by atoms with Gasteiger partial charge in [0, 0.05) is 17.9 Å². The molecular formula is C24H27NO3S. The minimum atomic E-state index is -0.216. The fourth-order valence-electron chi connectivity index (χ4n) is 3.41. The van der Waals surface area contributed by atoms with E-state index in [1.54, 1.807) is 7.11 Å². The summed E-state index contributed by atoms with van der Waals surface area (Å²) in [5.41, 5.74) is 2.26. The van der Waals surface area contributed by atoms with Gasteiger partial charge in [0.2, 0.25) is 0 Å². The molecule has 2 amide bonds. The van der Waals surface area contributed by atoms with Crippen LogP contribution in [0.2, 0.25) is 0 Å². The van der Waals surface area contributed by atoms with Gasteiger partial charge < -0.3 is 4.74 Å². The molecular weight excluding hydrogens is 382 g/mol. The highest BCUT2D eigenvalue weighted by molar-refractivity contribution is 8.03. The van der Waals surface area contributed by atoms with Crippen molar-refractivity contribution in [3.63, 3.8) is 0 Å². The van der Waals surface area contributed by atoms with Crippen molar-refractivity contribution in [3.8, 4) is 5.75 Å². The number of benzene rings is 2. The van der Waals surface area contributed by atoms with Gasteiger partial charge in [0.1, 0.15) is 5.75 Å². The van der Waals surface area contributed by atoms with Crippen LogP contribution in [0.15, 0.2) is 59.5 Å². The van der Waals surface area contributed by atoms with Gasteiger partial charge in [-0.3, -0.25) is 14.5 Å². The Hall–Kier alpha value is -2.53. The summed E-state index contributed by atoms with van der Waals surface area (Å²) in [6.07, 6.45) is 4.08. The highest BCUT2D eigenvalue weighted by Gasteiger charge is 2.39. The third kappa shape index (κ3) is 4.91. The molecule has 2 aromatic carbocycles. The first-order valence-electron chi connectivity index (χ1n) is 10.1. The van der Waals surface area contributed by atoms with Gasteiger partial charge >= 0.3 is 0 Å². The maximum atomic E-state index is 13.2. The van der Waals surface area contributed by atoms with Gasteiger partial charge in [-0.25, -0.2) is 0 Å². The van der Waals surface area contributed by atoms with E-state index in [4.69, 9.17) is 4.74 Å². The van der Waals surface area contributed by atoms with E-state index in [1.807, 2.05) is 54.6 Å². The van der Waals surface area contributed by atoms with E-state index in [0.717, 1.165) is 31.2 Å². The number of methoxy groups -OCH3 is 1. The second-order valence-electron chi connectivity index (χ2n) is 7.00. The van der Waals surface area contributed by atoms with Gasteiger partial charge in [0.25, 0.3) is 11.8 Å². The van der Waals surface area contributed by atoms with Crippen LogP contribution in [0.25, 0.3) is 5.57 Å². The molecule has 0 atom stereocenters. The number of imide groups is 1. The van der Waals surface area contributed by atoms with E-state index in [0.29, 0.717) is 34.1 Å². The van der Waals surface area contributed by atoms with Gasteiger partial charge in [-0.2, -0.15) is 0 Å². The van der Waals surface area contributed by atoms with Crippen molar-refractivity contribution in [1.29, 1.82) is 0 Å². The van der Waals surface area contributed by atoms with Gasteiger partial charge in [-0.15, -0.1) is 11.8 Å². The zero-order valence-electron chi connectivity index (χ0n) is 17.0. The summed E-state index contributed by atoms with van der Waals surface area (Å²) in [7, 11) is 1.58. The smallest absolute Gasteiger partial charge is 0.267 e. The maximum absolute atomic E-state index is 13.2. The van der Waals surface area contributed by atoms with Crippen LogP contribution in [0.5, 0.6) is 5.75 Å². The largest absolute Gasteiger partial charge is 0.496 e. The lowest BCUT2D eigenvalue weighted by molar-refractivity contribution is -0.136. The van der Waals surface area contributed by atoms with E-state index in [1.165, 1.54) is 16.7 Å². The van der Waals surface area contributed by atoms with Crippen LogP contribution in [-0.2, 0) is 15.3 Å². The number of nitrogens with zero attached hydrogens (tertiary/aromatic N) is 1. The van der Waals surface area contributed by atoms with Crippen LogP contribution in [0, 0.1) is 0 Å². The highest BCUT2D eigenvalue weighted by atomic mass is 32.2. The molecule has 4 nitrogen and oxygen atoms in total. The summed E-state index contributed by atoms with van der Waals surface area (Å²) in [6, 6.07) is 17.4. The topological polar surface area (TPSA) is 46.6 Å². The van der Waals surface area contributed by atoms with Gasteiger partial charge in [-0.05, 0) is 18.1 Å². The van der Waals surface area contributed by atoms with Crippen molar-refractivity contribution in [1.82, 2.24) is 4.90 Å². The molecule has 152 valence electrons. The first-order valence-corrected chi connectivity index (χ1v) is 11.1. The molecule has 1 aliphatic heterocycles. The Morgan fingerprint density at radius 3 is 2.34 bits per heavy atom. The molecule has 0 saturated carbocycles. The number of carbonyl (C=O) groups excluding carboxylic acids is 2. The van der Waals surface area contributed by atoms with E-state index in [2.05, 4.69) is 6.92 Å². The number of amides is 2. The van der Waals surface area contributed by atoms with Crippen molar-refractivity contribution in [3.05, 3.63) is 70.6 Å². The lowest BCUT2D eigenvalue weighted by Crippen LogP contribution is -2.32. The number of ether oxygens (including phenoxy) is 1. The number of rotatable bonds is 10. The summed E-state index contributed by atoms with van der Waals surface area (Å²) in [4.78, 5) is 28.3. The fourth-order valence-corrected chi connectivity index (χ4v) is 4.48. The van der Waals surface area contributed by atoms with Crippen molar-refractivity contribution in [2.75, 3.05) is 13.7 Å². The number of thioether (sulfide) groups is 1. The summed E-state index contributed by atoms with van der Waals surface area (Å²) in [5.74, 6) is 0.839. The molecule has 29 heavy (non-hydrogen) atoms. The fraction of sp³-hybridized carbons (Fsp3) is 0.333. The molecule has 2 aromatic rings. The first-order chi connectivity index (χ1) is 14.2. The van der Waals surface area contributed by atoms with Crippen LogP contribution in [0.3, 0.4) is 0 Å². The van der Waals surface area contributed by atoms with E-state index < -0.39 is 0 Å². The Morgan fingerprint density at radius 2 is 1.62 bits per heavy atom.